The third-order valence-corrected chi connectivity index (χ3v) is 6.86. The molecule has 1 saturated heterocycles. The molecule has 1 aliphatic rings. The van der Waals surface area contributed by atoms with Crippen LogP contribution in [0.15, 0.2) is 48.7 Å². The third-order valence-electron chi connectivity index (χ3n) is 6.57. The number of carbonyl (C=O) groups is 1. The van der Waals surface area contributed by atoms with Gasteiger partial charge in [-0.2, -0.15) is 5.26 Å². The van der Waals surface area contributed by atoms with Crippen molar-refractivity contribution in [1.29, 1.82) is 5.26 Å². The summed E-state index contributed by atoms with van der Waals surface area (Å²) in [6.45, 7) is 4.07. The second-order valence-corrected chi connectivity index (χ2v) is 9.97. The van der Waals surface area contributed by atoms with Crippen molar-refractivity contribution in [1.82, 2.24) is 9.88 Å². The molecule has 0 radical (unpaired) electrons. The van der Waals surface area contributed by atoms with Gasteiger partial charge in [0.25, 0.3) is 0 Å². The normalized spacial score (nSPS) is 14.9. The summed E-state index contributed by atoms with van der Waals surface area (Å²) < 4.78 is 35.8. The van der Waals surface area contributed by atoms with Gasteiger partial charge >= 0.3 is 0 Å². The molecule has 42 heavy (non-hydrogen) atoms. The van der Waals surface area contributed by atoms with Crippen molar-refractivity contribution in [2.75, 3.05) is 70.9 Å². The Morgan fingerprint density at radius 3 is 2.71 bits per heavy atom. The van der Waals surface area contributed by atoms with Gasteiger partial charge in [-0.15, -0.1) is 0 Å². The molecule has 10 nitrogen and oxygen atoms in total. The number of pyridine rings is 1. The predicted molar refractivity (Wildman–Crippen MR) is 159 cm³/mol. The van der Waals surface area contributed by atoms with E-state index >= 15 is 0 Å². The number of aromatic nitrogens is 1. The fourth-order valence-electron chi connectivity index (χ4n) is 4.36. The Labute approximate surface area is 249 Å². The molecule has 2 aromatic carbocycles. The van der Waals surface area contributed by atoms with Crippen LogP contribution in [0.5, 0.6) is 5.75 Å². The Balaban J connectivity index is 1.64. The SMILES string of the molecule is COCCN(C/C=C/C(=O)Nc1cc2c(Nc3ccc(F)c(Cl)c3)c(C#N)cnc2cc1O[C@H]1CCOC1)CCOC. The van der Waals surface area contributed by atoms with Crippen LogP contribution in [0.2, 0.25) is 5.02 Å². The molecule has 2 heterocycles. The predicted octanol–water partition coefficient (Wildman–Crippen LogP) is 4.90. The summed E-state index contributed by atoms with van der Waals surface area (Å²) in [6, 6.07) is 9.74. The van der Waals surface area contributed by atoms with Crippen molar-refractivity contribution in [3.8, 4) is 11.8 Å². The Morgan fingerprint density at radius 1 is 1.26 bits per heavy atom. The van der Waals surface area contributed by atoms with E-state index in [9.17, 15) is 14.4 Å². The van der Waals surface area contributed by atoms with Gasteiger partial charge in [0.2, 0.25) is 5.91 Å². The topological polar surface area (TPSA) is 118 Å². The summed E-state index contributed by atoms with van der Waals surface area (Å²) in [4.78, 5) is 19.6. The van der Waals surface area contributed by atoms with Gasteiger partial charge in [0.05, 0.1) is 53.9 Å². The van der Waals surface area contributed by atoms with Gasteiger partial charge in [-0.05, 0) is 24.3 Å². The van der Waals surface area contributed by atoms with Crippen LogP contribution in [0.3, 0.4) is 0 Å². The maximum absolute atomic E-state index is 13.8. The molecular weight excluding hydrogens is 565 g/mol. The number of nitriles is 1. The first-order chi connectivity index (χ1) is 20.4. The average molecular weight is 598 g/mol. The molecular formula is C30H33ClFN5O5. The van der Waals surface area contributed by atoms with Crippen molar-refractivity contribution < 1.29 is 28.1 Å². The zero-order chi connectivity index (χ0) is 29.9. The van der Waals surface area contributed by atoms with E-state index < -0.39 is 5.82 Å². The molecule has 1 fully saturated rings. The van der Waals surface area contributed by atoms with Gasteiger partial charge in [0.1, 0.15) is 23.7 Å². The Kier molecular flexibility index (Phi) is 11.5. The summed E-state index contributed by atoms with van der Waals surface area (Å²) in [7, 11) is 3.28. The van der Waals surface area contributed by atoms with E-state index in [1.54, 1.807) is 32.4 Å². The van der Waals surface area contributed by atoms with E-state index in [1.165, 1.54) is 30.5 Å². The number of halogens is 2. The summed E-state index contributed by atoms with van der Waals surface area (Å²) in [6.07, 6.45) is 5.21. The highest BCUT2D eigenvalue weighted by atomic mass is 35.5. The molecule has 1 aromatic heterocycles. The maximum Gasteiger partial charge on any atom is 0.248 e. The lowest BCUT2D eigenvalue weighted by Gasteiger charge is -2.20. The molecule has 222 valence electrons. The summed E-state index contributed by atoms with van der Waals surface area (Å²) in [5.74, 6) is -0.488. The van der Waals surface area contributed by atoms with Gasteiger partial charge in [0, 0.05) is 69.7 Å². The zero-order valence-electron chi connectivity index (χ0n) is 23.5. The largest absolute Gasteiger partial charge is 0.486 e. The molecule has 1 aliphatic heterocycles. The van der Waals surface area contributed by atoms with Gasteiger partial charge in [-0.1, -0.05) is 17.7 Å². The Bertz CT molecular complexity index is 1450. The fraction of sp³-hybridized carbons (Fsp3) is 0.367. The molecule has 0 saturated carbocycles. The first kappa shape index (κ1) is 31.2. The van der Waals surface area contributed by atoms with Crippen LogP contribution < -0.4 is 15.4 Å². The second kappa shape index (κ2) is 15.4. The highest BCUT2D eigenvalue weighted by molar-refractivity contribution is 6.31. The molecule has 0 aliphatic carbocycles. The molecule has 2 N–H and O–H groups in total. The van der Waals surface area contributed by atoms with E-state index in [0.717, 1.165) is 0 Å². The third kappa shape index (κ3) is 8.38. The minimum absolute atomic E-state index is 0.0610. The number of benzene rings is 2. The van der Waals surface area contributed by atoms with Crippen molar-refractivity contribution in [2.24, 2.45) is 0 Å². The molecule has 12 heteroatoms. The van der Waals surface area contributed by atoms with Crippen molar-refractivity contribution in [3.63, 3.8) is 0 Å². The van der Waals surface area contributed by atoms with Crippen LogP contribution >= 0.6 is 11.6 Å². The van der Waals surface area contributed by atoms with E-state index in [1.807, 2.05) is 0 Å². The number of ether oxygens (including phenoxy) is 4. The van der Waals surface area contributed by atoms with Crippen LogP contribution in [-0.4, -0.2) is 82.2 Å². The van der Waals surface area contributed by atoms with Gasteiger partial charge in [0.15, 0.2) is 0 Å². The maximum atomic E-state index is 13.8. The fourth-order valence-corrected chi connectivity index (χ4v) is 4.54. The Hall–Kier alpha value is -3.79. The highest BCUT2D eigenvalue weighted by Crippen LogP contribution is 2.37. The molecule has 0 bridgehead atoms. The van der Waals surface area contributed by atoms with Crippen LogP contribution in [0.4, 0.5) is 21.5 Å². The highest BCUT2D eigenvalue weighted by Gasteiger charge is 2.21. The van der Waals surface area contributed by atoms with Gasteiger partial charge < -0.3 is 29.6 Å². The van der Waals surface area contributed by atoms with Gasteiger partial charge in [-0.3, -0.25) is 14.7 Å². The average Bonchev–Trinajstić information content (AvgIpc) is 3.50. The van der Waals surface area contributed by atoms with Crippen LogP contribution in [0, 0.1) is 17.1 Å². The molecule has 3 aromatic rings. The first-order valence-electron chi connectivity index (χ1n) is 13.4. The van der Waals surface area contributed by atoms with Crippen molar-refractivity contribution in [2.45, 2.75) is 12.5 Å². The number of hydrogen-bond donors (Lipinski definition) is 2. The lowest BCUT2D eigenvalue weighted by molar-refractivity contribution is -0.111. The lowest BCUT2D eigenvalue weighted by atomic mass is 10.1. The van der Waals surface area contributed by atoms with E-state index in [2.05, 4.69) is 26.6 Å². The number of hydrogen-bond acceptors (Lipinski definition) is 9. The molecule has 0 unspecified atom stereocenters. The summed E-state index contributed by atoms with van der Waals surface area (Å²) >= 11 is 5.98. The minimum Gasteiger partial charge on any atom is -0.486 e. The minimum atomic E-state index is -0.557. The zero-order valence-corrected chi connectivity index (χ0v) is 24.2. The van der Waals surface area contributed by atoms with Crippen LogP contribution in [0.25, 0.3) is 10.9 Å². The standard InChI is InChI=1S/C30H33ClFN5O5/c1-39-12-9-37(10-13-40-2)8-3-4-29(38)36-27-15-23-26(16-28(27)42-22-7-11-41-19-22)34-18-20(17-33)30(23)35-21-5-6-25(32)24(31)14-21/h3-6,14-16,18,22H,7-13,19H2,1-2H3,(H,34,35)(H,36,38)/b4-3+/t22-/m0/s1. The van der Waals surface area contributed by atoms with Gasteiger partial charge in [-0.25, -0.2) is 4.39 Å². The van der Waals surface area contributed by atoms with Crippen LogP contribution in [-0.2, 0) is 19.0 Å². The second-order valence-electron chi connectivity index (χ2n) is 9.56. The van der Waals surface area contributed by atoms with Crippen LogP contribution in [0.1, 0.15) is 12.0 Å². The number of nitrogens with one attached hydrogen (secondary N) is 2. The number of methoxy groups -OCH3 is 2. The van der Waals surface area contributed by atoms with E-state index in [-0.39, 0.29) is 22.6 Å². The van der Waals surface area contributed by atoms with E-state index in [0.29, 0.717) is 86.2 Å². The first-order valence-corrected chi connectivity index (χ1v) is 13.8. The lowest BCUT2D eigenvalue weighted by Crippen LogP contribution is -2.31. The number of nitrogens with zero attached hydrogens (tertiary/aromatic N) is 3. The van der Waals surface area contributed by atoms with Crippen molar-refractivity contribution >= 4 is 45.5 Å². The van der Waals surface area contributed by atoms with E-state index in [4.69, 9.17) is 30.5 Å². The monoisotopic (exact) mass is 597 g/mol. The molecule has 1 amide bonds. The molecule has 0 spiro atoms. The number of rotatable bonds is 14. The number of amides is 1. The molecule has 1 atom stereocenters. The number of anilines is 3. The van der Waals surface area contributed by atoms with Crippen molar-refractivity contribution in [3.05, 3.63) is 65.1 Å². The quantitative estimate of drug-likeness (QED) is 0.250. The molecule has 4 rings (SSSR count). The number of carbonyl (C=O) groups excluding carboxylic acids is 1. The summed E-state index contributed by atoms with van der Waals surface area (Å²) in [5, 5.41) is 16.4. The smallest absolute Gasteiger partial charge is 0.248 e. The number of fused-ring (bicyclic) bond motifs is 1. The Morgan fingerprint density at radius 2 is 2.05 bits per heavy atom. The summed E-state index contributed by atoms with van der Waals surface area (Å²) in [5.41, 5.74) is 2.09.